The average molecular weight is 287 g/mol. The second-order valence-electron chi connectivity index (χ2n) is 4.88. The summed E-state index contributed by atoms with van der Waals surface area (Å²) in [4.78, 5) is 18.4. The van der Waals surface area contributed by atoms with Crippen molar-refractivity contribution in [3.63, 3.8) is 0 Å². The van der Waals surface area contributed by atoms with E-state index in [4.69, 9.17) is 10.8 Å². The number of aromatic nitrogens is 2. The lowest BCUT2D eigenvalue weighted by atomic mass is 10.2. The molecule has 21 heavy (non-hydrogen) atoms. The fraction of sp³-hybridized carbons (Fsp3) is 0.286. The first-order valence-electron chi connectivity index (χ1n) is 6.69. The van der Waals surface area contributed by atoms with E-state index in [0.717, 1.165) is 11.0 Å². The Balaban J connectivity index is 2.08. The smallest absolute Gasteiger partial charge is 0.269 e. The number of nitrogens with zero attached hydrogens (tertiary/aromatic N) is 3. The lowest BCUT2D eigenvalue weighted by Crippen LogP contribution is -2.42. The zero-order chi connectivity index (χ0) is 15.0. The molecule has 0 radical (unpaired) electrons. The van der Waals surface area contributed by atoms with Gasteiger partial charge in [0.05, 0.1) is 17.6 Å². The SMILES string of the molecule is CN1C(C(=O)NCCO)=Cn2c(nc3ccccc32)C1N. The number of amides is 1. The van der Waals surface area contributed by atoms with Gasteiger partial charge in [-0.1, -0.05) is 12.1 Å². The van der Waals surface area contributed by atoms with Crippen LogP contribution in [0.25, 0.3) is 17.2 Å². The number of nitrogens with one attached hydrogen (secondary N) is 1. The van der Waals surface area contributed by atoms with Crippen molar-refractivity contribution in [1.82, 2.24) is 19.8 Å². The zero-order valence-electron chi connectivity index (χ0n) is 11.7. The molecule has 7 heteroatoms. The van der Waals surface area contributed by atoms with Gasteiger partial charge < -0.3 is 21.1 Å². The third kappa shape index (κ3) is 2.16. The van der Waals surface area contributed by atoms with E-state index in [0.29, 0.717) is 11.5 Å². The van der Waals surface area contributed by atoms with Crippen LogP contribution in [0.15, 0.2) is 30.0 Å². The van der Waals surface area contributed by atoms with Crippen molar-refractivity contribution in [2.45, 2.75) is 6.17 Å². The molecule has 0 saturated heterocycles. The minimum Gasteiger partial charge on any atom is -0.395 e. The predicted octanol–water partition coefficient (Wildman–Crippen LogP) is -0.154. The van der Waals surface area contributed by atoms with Gasteiger partial charge in [0, 0.05) is 19.8 Å². The van der Waals surface area contributed by atoms with Crippen molar-refractivity contribution in [1.29, 1.82) is 0 Å². The third-order valence-electron chi connectivity index (χ3n) is 3.57. The molecule has 4 N–H and O–H groups in total. The molecule has 1 unspecified atom stereocenters. The summed E-state index contributed by atoms with van der Waals surface area (Å²) >= 11 is 0. The zero-order valence-corrected chi connectivity index (χ0v) is 11.7. The molecule has 1 atom stereocenters. The predicted molar refractivity (Wildman–Crippen MR) is 78.8 cm³/mol. The number of hydrogen-bond donors (Lipinski definition) is 3. The number of aliphatic hydroxyl groups is 1. The van der Waals surface area contributed by atoms with Gasteiger partial charge in [0.2, 0.25) is 0 Å². The van der Waals surface area contributed by atoms with Crippen molar-refractivity contribution < 1.29 is 9.90 Å². The Kier molecular flexibility index (Phi) is 3.36. The molecule has 3 rings (SSSR count). The number of carbonyl (C=O) groups is 1. The van der Waals surface area contributed by atoms with Crippen molar-refractivity contribution >= 4 is 23.1 Å². The molecular formula is C14H17N5O2. The largest absolute Gasteiger partial charge is 0.395 e. The van der Waals surface area contributed by atoms with E-state index in [9.17, 15) is 4.79 Å². The number of carbonyl (C=O) groups excluding carboxylic acids is 1. The summed E-state index contributed by atoms with van der Waals surface area (Å²) < 4.78 is 1.84. The molecule has 1 aliphatic heterocycles. The number of nitrogens with two attached hydrogens (primary N) is 1. The first-order chi connectivity index (χ1) is 10.1. The van der Waals surface area contributed by atoms with Crippen LogP contribution in [0.3, 0.4) is 0 Å². The Morgan fingerprint density at radius 2 is 2.24 bits per heavy atom. The Morgan fingerprint density at radius 1 is 1.48 bits per heavy atom. The lowest BCUT2D eigenvalue weighted by Gasteiger charge is -2.31. The minimum absolute atomic E-state index is 0.103. The fourth-order valence-electron chi connectivity index (χ4n) is 2.42. The quantitative estimate of drug-likeness (QED) is 0.729. The number of hydrogen-bond acceptors (Lipinski definition) is 5. The summed E-state index contributed by atoms with van der Waals surface area (Å²) in [6.45, 7) is 0.102. The average Bonchev–Trinajstić information content (AvgIpc) is 2.87. The van der Waals surface area contributed by atoms with Gasteiger partial charge in [0.25, 0.3) is 5.91 Å². The highest BCUT2D eigenvalue weighted by Gasteiger charge is 2.29. The lowest BCUT2D eigenvalue weighted by molar-refractivity contribution is -0.119. The highest BCUT2D eigenvalue weighted by molar-refractivity contribution is 5.97. The van der Waals surface area contributed by atoms with Crippen LogP contribution in [-0.2, 0) is 4.79 Å². The summed E-state index contributed by atoms with van der Waals surface area (Å²) in [5, 5.41) is 11.4. The summed E-state index contributed by atoms with van der Waals surface area (Å²) in [6, 6.07) is 7.67. The van der Waals surface area contributed by atoms with Crippen molar-refractivity contribution in [3.05, 3.63) is 35.8 Å². The number of aliphatic hydroxyl groups excluding tert-OH is 1. The van der Waals surface area contributed by atoms with Gasteiger partial charge in [0.15, 0.2) is 5.82 Å². The van der Waals surface area contributed by atoms with E-state index in [1.165, 1.54) is 0 Å². The summed E-state index contributed by atoms with van der Waals surface area (Å²) in [5.74, 6) is 0.419. The Bertz CT molecular complexity index is 721. The minimum atomic E-state index is -0.503. The number of rotatable bonds is 3. The van der Waals surface area contributed by atoms with Crippen LogP contribution in [0, 0.1) is 0 Å². The number of likely N-dealkylation sites (N-methyl/N-ethyl adjacent to an activating group) is 1. The molecular weight excluding hydrogens is 270 g/mol. The molecule has 7 nitrogen and oxygen atoms in total. The van der Waals surface area contributed by atoms with Gasteiger partial charge in [-0.25, -0.2) is 4.98 Å². The van der Waals surface area contributed by atoms with Gasteiger partial charge in [-0.2, -0.15) is 0 Å². The number of fused-ring (bicyclic) bond motifs is 3. The maximum Gasteiger partial charge on any atom is 0.269 e. The number of para-hydroxylation sites is 2. The molecule has 1 aromatic heterocycles. The number of imidazole rings is 1. The van der Waals surface area contributed by atoms with Gasteiger partial charge in [-0.3, -0.25) is 9.36 Å². The molecule has 0 spiro atoms. The Morgan fingerprint density at radius 3 is 3.00 bits per heavy atom. The summed E-state index contributed by atoms with van der Waals surface area (Å²) in [7, 11) is 1.75. The van der Waals surface area contributed by atoms with E-state index >= 15 is 0 Å². The van der Waals surface area contributed by atoms with Crippen molar-refractivity contribution in [2.75, 3.05) is 20.2 Å². The Hall–Kier alpha value is -2.38. The van der Waals surface area contributed by atoms with E-state index in [-0.39, 0.29) is 19.1 Å². The summed E-state index contributed by atoms with van der Waals surface area (Å²) in [5.41, 5.74) is 8.36. The summed E-state index contributed by atoms with van der Waals surface area (Å²) in [6.07, 6.45) is 1.22. The van der Waals surface area contributed by atoms with E-state index in [1.54, 1.807) is 18.1 Å². The third-order valence-corrected chi connectivity index (χ3v) is 3.57. The molecule has 0 fully saturated rings. The normalized spacial score (nSPS) is 17.6. The van der Waals surface area contributed by atoms with E-state index in [2.05, 4.69) is 10.3 Å². The van der Waals surface area contributed by atoms with Crippen LogP contribution < -0.4 is 11.1 Å². The van der Waals surface area contributed by atoms with Crippen LogP contribution in [-0.4, -0.2) is 45.7 Å². The molecule has 0 bridgehead atoms. The van der Waals surface area contributed by atoms with Crippen molar-refractivity contribution in [3.8, 4) is 0 Å². The standard InChI is InChI=1S/C14H17N5O2/c1-18-11(14(21)16-6-7-20)8-19-10-5-3-2-4-9(10)17-13(19)12(18)15/h2-5,8,12,20H,6-7,15H2,1H3,(H,16,21). The maximum atomic E-state index is 12.2. The molecule has 0 aliphatic carbocycles. The molecule has 110 valence electrons. The van der Waals surface area contributed by atoms with Crippen LogP contribution in [0.1, 0.15) is 12.0 Å². The van der Waals surface area contributed by atoms with Gasteiger partial charge in [-0.05, 0) is 12.1 Å². The number of benzene rings is 1. The van der Waals surface area contributed by atoms with E-state index in [1.807, 2.05) is 28.8 Å². The monoisotopic (exact) mass is 287 g/mol. The van der Waals surface area contributed by atoms with Gasteiger partial charge in [0.1, 0.15) is 11.9 Å². The second kappa shape index (κ2) is 5.19. The van der Waals surface area contributed by atoms with Crippen LogP contribution >= 0.6 is 0 Å². The first-order valence-corrected chi connectivity index (χ1v) is 6.69. The van der Waals surface area contributed by atoms with Gasteiger partial charge >= 0.3 is 0 Å². The molecule has 1 aromatic carbocycles. The topological polar surface area (TPSA) is 96.4 Å². The molecule has 1 amide bonds. The van der Waals surface area contributed by atoms with E-state index < -0.39 is 6.17 Å². The highest BCUT2D eigenvalue weighted by Crippen LogP contribution is 2.28. The van der Waals surface area contributed by atoms with Crippen LogP contribution in [0.2, 0.25) is 0 Å². The Labute approximate surface area is 121 Å². The highest BCUT2D eigenvalue weighted by atomic mass is 16.3. The maximum absolute atomic E-state index is 12.2. The van der Waals surface area contributed by atoms with Crippen molar-refractivity contribution in [2.24, 2.45) is 5.73 Å². The second-order valence-corrected chi connectivity index (χ2v) is 4.88. The fourth-order valence-corrected chi connectivity index (χ4v) is 2.42. The van der Waals surface area contributed by atoms with Gasteiger partial charge in [-0.15, -0.1) is 0 Å². The van der Waals surface area contributed by atoms with Crippen LogP contribution in [0.4, 0.5) is 0 Å². The molecule has 0 saturated carbocycles. The molecule has 2 heterocycles. The molecule has 1 aliphatic rings. The molecule has 2 aromatic rings. The first kappa shape index (κ1) is 13.6. The van der Waals surface area contributed by atoms with Crippen LogP contribution in [0.5, 0.6) is 0 Å².